The molecule has 2 aliphatic heterocycles. The zero-order chi connectivity index (χ0) is 38.1. The lowest BCUT2D eigenvalue weighted by atomic mass is 9.84. The number of methoxy groups -OCH3 is 1. The number of nitrogen functional groups attached to an aromatic ring is 1. The van der Waals surface area contributed by atoms with Gasteiger partial charge in [0.15, 0.2) is 11.5 Å². The summed E-state index contributed by atoms with van der Waals surface area (Å²) in [6.45, 7) is 5.37. The smallest absolute Gasteiger partial charge is 0.328 e. The highest BCUT2D eigenvalue weighted by Gasteiger charge is 2.29. The van der Waals surface area contributed by atoms with Gasteiger partial charge in [-0.1, -0.05) is 12.1 Å². The lowest BCUT2D eigenvalue weighted by Gasteiger charge is -2.37. The predicted octanol–water partition coefficient (Wildman–Crippen LogP) is 4.70. The number of urea groups is 1. The second kappa shape index (κ2) is 15.4. The quantitative estimate of drug-likeness (QED) is 0.136. The highest BCUT2D eigenvalue weighted by Crippen LogP contribution is 2.36. The number of nitrogens with one attached hydrogen (secondary N) is 2. The molecule has 5 heterocycles. The van der Waals surface area contributed by atoms with Crippen molar-refractivity contribution in [2.24, 2.45) is 18.0 Å². The lowest BCUT2D eigenvalue weighted by molar-refractivity contribution is -0.120. The van der Waals surface area contributed by atoms with Crippen LogP contribution in [0.4, 0.5) is 27.7 Å². The minimum Gasteiger partial charge on any atom is -0.496 e. The lowest BCUT2D eigenvalue weighted by Crippen LogP contribution is -2.49. The largest absolute Gasteiger partial charge is 0.496 e. The molecule has 1 aliphatic carbocycles. The van der Waals surface area contributed by atoms with Gasteiger partial charge in [0.2, 0.25) is 5.91 Å². The van der Waals surface area contributed by atoms with E-state index in [4.69, 9.17) is 15.5 Å². The van der Waals surface area contributed by atoms with Crippen molar-refractivity contribution in [2.75, 3.05) is 67.2 Å². The van der Waals surface area contributed by atoms with E-state index in [1.54, 1.807) is 46.2 Å². The van der Waals surface area contributed by atoms with Gasteiger partial charge in [0.1, 0.15) is 5.75 Å². The molecule has 4 amide bonds. The van der Waals surface area contributed by atoms with Gasteiger partial charge in [-0.25, -0.2) is 9.78 Å². The summed E-state index contributed by atoms with van der Waals surface area (Å²) in [5.41, 5.74) is 11.5. The second-order valence-electron chi connectivity index (χ2n) is 14.7. The third-order valence-corrected chi connectivity index (χ3v) is 11.3. The van der Waals surface area contributed by atoms with Gasteiger partial charge in [0, 0.05) is 93.5 Å². The van der Waals surface area contributed by atoms with E-state index in [0.29, 0.717) is 52.9 Å². The maximum atomic E-state index is 13.4. The van der Waals surface area contributed by atoms with Gasteiger partial charge in [0.05, 0.1) is 35.8 Å². The molecule has 3 aromatic heterocycles. The summed E-state index contributed by atoms with van der Waals surface area (Å²) in [5, 5.41) is 10.7. The molecular weight excluding hydrogens is 699 g/mol. The van der Waals surface area contributed by atoms with Crippen molar-refractivity contribution in [3.63, 3.8) is 0 Å². The van der Waals surface area contributed by atoms with Crippen LogP contribution in [0.25, 0.3) is 16.6 Å². The van der Waals surface area contributed by atoms with Crippen LogP contribution in [0.2, 0.25) is 0 Å². The summed E-state index contributed by atoms with van der Waals surface area (Å²) in [6, 6.07) is 12.9. The van der Waals surface area contributed by atoms with E-state index >= 15 is 0 Å². The molecule has 0 atom stereocenters. The first-order valence-corrected chi connectivity index (χ1v) is 19.0. The fraction of sp³-hybridized carbons (Fsp3) is 0.400. The number of fused-ring (bicyclic) bond motifs is 2. The number of hydrogen-bond acceptors (Lipinski definition) is 10. The summed E-state index contributed by atoms with van der Waals surface area (Å²) in [4.78, 5) is 53.7. The van der Waals surface area contributed by atoms with E-state index < -0.39 is 0 Å². The Balaban J connectivity index is 0.824. The number of aryl methyl sites for hydroxylation is 1. The van der Waals surface area contributed by atoms with Crippen LogP contribution in [-0.4, -0.2) is 101 Å². The molecule has 15 heteroatoms. The summed E-state index contributed by atoms with van der Waals surface area (Å²) < 4.78 is 9.17. The Kier molecular flexibility index (Phi) is 10.1. The fourth-order valence-corrected chi connectivity index (χ4v) is 8.20. The number of piperazine rings is 1. The number of imide groups is 1. The minimum absolute atomic E-state index is 0.218. The number of para-hydroxylation sites is 1. The standard InChI is InChI=1S/C40H47N11O4/c1-47-25-33(29-5-3-6-32(38(29)47)50-16-13-37(52)46-40(50)54)49-19-17-48(18-20-49)15-12-26-8-10-28(11-9-26)42-23-27-21-30(34(55-2)22-31(27)41)39(53)45-36-24-43-35-7-4-14-44-51(35)36/h3-7,14,21-26,28H,8-13,15-20,41H2,1-2H3,(H,45,53)(H,46,52,54). The van der Waals surface area contributed by atoms with Gasteiger partial charge < -0.3 is 25.3 Å². The number of nitrogens with two attached hydrogens (primary N) is 1. The number of aliphatic imine (C=N–C) groups is 1. The normalized spacial score (nSPS) is 19.7. The van der Waals surface area contributed by atoms with E-state index in [0.717, 1.165) is 75.0 Å². The minimum atomic E-state index is -0.364. The maximum Gasteiger partial charge on any atom is 0.328 e. The Hall–Kier alpha value is -5.96. The average molecular weight is 746 g/mol. The van der Waals surface area contributed by atoms with Crippen molar-refractivity contribution >= 4 is 63.5 Å². The molecule has 0 bridgehead atoms. The number of imidazole rings is 1. The Morgan fingerprint density at radius 2 is 1.87 bits per heavy atom. The number of hydrogen-bond donors (Lipinski definition) is 3. The van der Waals surface area contributed by atoms with Crippen molar-refractivity contribution < 1.29 is 19.1 Å². The molecule has 1 saturated carbocycles. The number of ether oxygens (including phenoxy) is 1. The fourth-order valence-electron chi connectivity index (χ4n) is 8.20. The van der Waals surface area contributed by atoms with Crippen LogP contribution in [-0.2, 0) is 11.8 Å². The van der Waals surface area contributed by atoms with E-state index in [9.17, 15) is 14.4 Å². The summed E-state index contributed by atoms with van der Waals surface area (Å²) >= 11 is 0. The first-order chi connectivity index (χ1) is 26.7. The Bertz CT molecular complexity index is 2260. The molecule has 3 aliphatic rings. The number of anilines is 4. The van der Waals surface area contributed by atoms with Crippen LogP contribution < -0.4 is 30.9 Å². The molecule has 0 spiro atoms. The van der Waals surface area contributed by atoms with Crippen molar-refractivity contribution in [1.29, 1.82) is 0 Å². The number of benzene rings is 2. The Morgan fingerprint density at radius 3 is 2.65 bits per heavy atom. The SMILES string of the molecule is COc1cc(N)c(C=NC2CCC(CCN3CCN(c4cn(C)c5c(N6CCC(=O)NC6=O)cccc45)CC3)CC2)cc1C(=O)Nc1cnc2cccnn12. The molecule has 2 aromatic carbocycles. The summed E-state index contributed by atoms with van der Waals surface area (Å²) in [6.07, 6.45) is 13.0. The molecule has 0 radical (unpaired) electrons. The van der Waals surface area contributed by atoms with Gasteiger partial charge in [0.25, 0.3) is 5.91 Å². The number of carbonyl (C=O) groups excluding carboxylic acids is 3. The number of aromatic nitrogens is 4. The third kappa shape index (κ3) is 7.43. The van der Waals surface area contributed by atoms with Crippen molar-refractivity contribution in [3.8, 4) is 5.75 Å². The van der Waals surface area contributed by atoms with Crippen LogP contribution in [0.1, 0.15) is 54.4 Å². The number of amides is 4. The molecule has 0 unspecified atom stereocenters. The first kappa shape index (κ1) is 36.0. The van der Waals surface area contributed by atoms with E-state index in [1.807, 2.05) is 25.2 Å². The van der Waals surface area contributed by atoms with E-state index in [1.165, 1.54) is 19.2 Å². The van der Waals surface area contributed by atoms with Gasteiger partial charge in [-0.3, -0.25) is 29.7 Å². The summed E-state index contributed by atoms with van der Waals surface area (Å²) in [7, 11) is 3.54. The summed E-state index contributed by atoms with van der Waals surface area (Å²) in [5.74, 6) is 0.929. The zero-order valence-electron chi connectivity index (χ0n) is 31.3. The highest BCUT2D eigenvalue weighted by atomic mass is 16.5. The van der Waals surface area contributed by atoms with Gasteiger partial charge in [-0.2, -0.15) is 9.61 Å². The van der Waals surface area contributed by atoms with Crippen LogP contribution in [0.5, 0.6) is 5.75 Å². The van der Waals surface area contributed by atoms with Crippen molar-refractivity contribution in [1.82, 2.24) is 29.4 Å². The predicted molar refractivity (Wildman–Crippen MR) is 213 cm³/mol. The Morgan fingerprint density at radius 1 is 1.05 bits per heavy atom. The van der Waals surface area contributed by atoms with Crippen molar-refractivity contribution in [3.05, 3.63) is 72.2 Å². The average Bonchev–Trinajstić information content (AvgIpc) is 3.77. The highest BCUT2D eigenvalue weighted by molar-refractivity contribution is 6.11. The van der Waals surface area contributed by atoms with Gasteiger partial charge in [-0.15, -0.1) is 0 Å². The number of rotatable bonds is 10. The topological polar surface area (TPSA) is 168 Å². The zero-order valence-corrected chi connectivity index (χ0v) is 31.3. The first-order valence-electron chi connectivity index (χ1n) is 19.0. The van der Waals surface area contributed by atoms with E-state index in [-0.39, 0.29) is 23.9 Å². The van der Waals surface area contributed by atoms with Crippen LogP contribution in [0.3, 0.4) is 0 Å². The van der Waals surface area contributed by atoms with Gasteiger partial charge >= 0.3 is 6.03 Å². The number of carbonyl (C=O) groups is 3. The molecule has 2 saturated heterocycles. The van der Waals surface area contributed by atoms with Crippen LogP contribution in [0.15, 0.2) is 66.0 Å². The molecular formula is C40H47N11O4. The second-order valence-corrected chi connectivity index (χ2v) is 14.7. The molecule has 5 aromatic rings. The molecule has 286 valence electrons. The van der Waals surface area contributed by atoms with E-state index in [2.05, 4.69) is 47.3 Å². The van der Waals surface area contributed by atoms with Crippen LogP contribution >= 0.6 is 0 Å². The molecule has 55 heavy (non-hydrogen) atoms. The number of nitrogens with zero attached hydrogens (tertiary/aromatic N) is 8. The molecule has 8 rings (SSSR count). The monoisotopic (exact) mass is 745 g/mol. The third-order valence-electron chi connectivity index (χ3n) is 11.3. The molecule has 15 nitrogen and oxygen atoms in total. The van der Waals surface area contributed by atoms with Gasteiger partial charge in [-0.05, 0) is 68.8 Å². The van der Waals surface area contributed by atoms with Crippen molar-refractivity contribution in [2.45, 2.75) is 44.6 Å². The van der Waals surface area contributed by atoms with Crippen LogP contribution in [0, 0.1) is 5.92 Å². The molecule has 3 fully saturated rings. The molecule has 4 N–H and O–H groups in total. The maximum absolute atomic E-state index is 13.4. The Labute approximate surface area is 319 Å².